The third kappa shape index (κ3) is 5.02. The van der Waals surface area contributed by atoms with Crippen LogP contribution in [0.2, 0.25) is 0 Å². The highest BCUT2D eigenvalue weighted by atomic mass is 16.3. The summed E-state index contributed by atoms with van der Waals surface area (Å²) in [6.45, 7) is 6.18. The van der Waals surface area contributed by atoms with E-state index in [1.807, 2.05) is 24.3 Å². The highest BCUT2D eigenvalue weighted by Gasteiger charge is 2.30. The van der Waals surface area contributed by atoms with E-state index in [-0.39, 0.29) is 45.8 Å². The van der Waals surface area contributed by atoms with Gasteiger partial charge >= 0.3 is 0 Å². The number of hydrogen-bond donors (Lipinski definition) is 2. The van der Waals surface area contributed by atoms with Crippen LogP contribution in [-0.4, -0.2) is 36.3 Å². The number of phenolic OH excluding ortho intramolecular Hbond substituents is 1. The van der Waals surface area contributed by atoms with Gasteiger partial charge in [0.1, 0.15) is 17.3 Å². The van der Waals surface area contributed by atoms with Crippen LogP contribution in [0.3, 0.4) is 0 Å². The number of aromatic nitrogens is 4. The van der Waals surface area contributed by atoms with E-state index in [1.165, 1.54) is 10.9 Å². The predicted octanol–water partition coefficient (Wildman–Crippen LogP) is 5.90. The molecule has 4 aromatic rings. The van der Waals surface area contributed by atoms with Crippen LogP contribution in [-0.2, 0) is 0 Å². The van der Waals surface area contributed by atoms with Crippen molar-refractivity contribution >= 4 is 28.2 Å². The van der Waals surface area contributed by atoms with Gasteiger partial charge in [0.25, 0.3) is 11.9 Å². The monoisotopic (exact) mass is 496 g/mol. The first-order chi connectivity index (χ1) is 18.0. The molecule has 188 valence electrons. The first kappa shape index (κ1) is 25.4. The van der Waals surface area contributed by atoms with Crippen LogP contribution in [0.1, 0.15) is 62.4 Å². The molecule has 0 unspecified atom stereocenters. The van der Waals surface area contributed by atoms with Crippen molar-refractivity contribution in [1.29, 1.82) is 5.26 Å². The van der Waals surface area contributed by atoms with E-state index in [1.54, 1.807) is 30.6 Å². The molecule has 4 rings (SSSR count). The van der Waals surface area contributed by atoms with Crippen LogP contribution in [0.15, 0.2) is 65.2 Å². The minimum atomic E-state index is -0.374. The van der Waals surface area contributed by atoms with E-state index >= 15 is 0 Å². The number of nitriles is 1. The molecule has 10 heteroatoms. The quantitative estimate of drug-likeness (QED) is 0.276. The van der Waals surface area contributed by atoms with Gasteiger partial charge in [-0.25, -0.2) is 9.97 Å². The number of azo groups is 1. The number of aromatic hydroxyl groups is 1. The first-order valence-corrected chi connectivity index (χ1v) is 12.2. The van der Waals surface area contributed by atoms with Crippen molar-refractivity contribution in [3.05, 3.63) is 66.1 Å². The Morgan fingerprint density at radius 1 is 1.14 bits per heavy atom. The predicted molar refractivity (Wildman–Crippen MR) is 139 cm³/mol. The van der Waals surface area contributed by atoms with Crippen molar-refractivity contribution in [3.8, 4) is 17.8 Å². The third-order valence-electron chi connectivity index (χ3n) is 6.55. The van der Waals surface area contributed by atoms with Crippen LogP contribution in [0.4, 0.5) is 11.5 Å². The summed E-state index contributed by atoms with van der Waals surface area (Å²) in [6.07, 6.45) is 7.71. The summed E-state index contributed by atoms with van der Waals surface area (Å²) in [5.41, 5.74) is 0.00363. The van der Waals surface area contributed by atoms with Gasteiger partial charge in [-0.05, 0) is 42.2 Å². The third-order valence-corrected chi connectivity index (χ3v) is 6.55. The Balaban J connectivity index is 1.81. The van der Waals surface area contributed by atoms with E-state index < -0.39 is 0 Å². The molecule has 10 nitrogen and oxygen atoms in total. The highest BCUT2D eigenvalue weighted by molar-refractivity contribution is 6.11. The summed E-state index contributed by atoms with van der Waals surface area (Å²) in [5.74, 6) is -0.347. The highest BCUT2D eigenvalue weighted by Crippen LogP contribution is 2.38. The Hall–Kier alpha value is -4.65. The number of hydrogen-bond acceptors (Lipinski definition) is 8. The molecule has 0 fully saturated rings. The summed E-state index contributed by atoms with van der Waals surface area (Å²) >= 11 is 0. The average Bonchev–Trinajstić information content (AvgIpc) is 3.35. The lowest BCUT2D eigenvalue weighted by Gasteiger charge is -2.33. The number of rotatable bonds is 9. The molecule has 2 N–H and O–H groups in total. The van der Waals surface area contributed by atoms with Gasteiger partial charge in [0.15, 0.2) is 11.6 Å². The number of benzene rings is 2. The Morgan fingerprint density at radius 2 is 1.86 bits per heavy atom. The number of nitrogens with one attached hydrogen (secondary N) is 1. The standard InChI is InChI=1S/C27H28N8O2/c1-4-12-27(5-2,6-3)32-25(37)22-20-11-8-7-10-18(20)15-21(23(22)36)33-34-24-19(16-28)17-31-35(24)26-29-13-9-14-30-26/h7-11,13-15,17,36H,4-6,12H2,1-3H3,(H,32,37)/b34-33+. The largest absolute Gasteiger partial charge is 0.505 e. The van der Waals surface area contributed by atoms with Gasteiger partial charge in [-0.15, -0.1) is 10.2 Å². The smallest absolute Gasteiger partial charge is 0.256 e. The van der Waals surface area contributed by atoms with Gasteiger partial charge in [0, 0.05) is 17.9 Å². The molecule has 2 aromatic heterocycles. The van der Waals surface area contributed by atoms with Gasteiger partial charge in [-0.2, -0.15) is 15.0 Å². The fourth-order valence-corrected chi connectivity index (χ4v) is 4.42. The second kappa shape index (κ2) is 11.0. The van der Waals surface area contributed by atoms with Gasteiger partial charge in [0.2, 0.25) is 0 Å². The molecule has 0 aliphatic heterocycles. The molecule has 0 atom stereocenters. The molecule has 1 amide bonds. The molecule has 2 aromatic carbocycles. The number of amides is 1. The fourth-order valence-electron chi connectivity index (χ4n) is 4.42. The van der Waals surface area contributed by atoms with Crippen molar-refractivity contribution in [2.45, 2.75) is 52.0 Å². The summed E-state index contributed by atoms with van der Waals surface area (Å²) in [6, 6.07) is 12.6. The molecule has 37 heavy (non-hydrogen) atoms. The van der Waals surface area contributed by atoms with Gasteiger partial charge in [-0.1, -0.05) is 51.5 Å². The molecule has 0 aliphatic rings. The zero-order chi connectivity index (χ0) is 26.4. The lowest BCUT2D eigenvalue weighted by molar-refractivity contribution is 0.0883. The van der Waals surface area contributed by atoms with Gasteiger partial charge in [0.05, 0.1) is 11.8 Å². The normalized spacial score (nSPS) is 11.6. The Morgan fingerprint density at radius 3 is 2.54 bits per heavy atom. The number of nitrogens with zero attached hydrogens (tertiary/aromatic N) is 7. The Kier molecular flexibility index (Phi) is 7.53. The van der Waals surface area contributed by atoms with E-state index in [0.29, 0.717) is 10.8 Å². The maximum absolute atomic E-state index is 13.6. The molecular weight excluding hydrogens is 468 g/mol. The van der Waals surface area contributed by atoms with Crippen molar-refractivity contribution < 1.29 is 9.90 Å². The number of carbonyl (C=O) groups is 1. The average molecular weight is 497 g/mol. The number of phenols is 1. The minimum absolute atomic E-state index is 0.0866. The molecule has 0 saturated heterocycles. The van der Waals surface area contributed by atoms with E-state index in [0.717, 1.165) is 25.7 Å². The number of carbonyl (C=O) groups excluding carboxylic acids is 1. The van der Waals surface area contributed by atoms with Crippen LogP contribution < -0.4 is 5.32 Å². The molecule has 0 saturated carbocycles. The molecule has 2 heterocycles. The Labute approximate surface area is 214 Å². The lowest BCUT2D eigenvalue weighted by Crippen LogP contribution is -2.47. The fraction of sp³-hybridized carbons (Fsp3) is 0.296. The van der Waals surface area contributed by atoms with Crippen molar-refractivity contribution in [2.75, 3.05) is 0 Å². The summed E-state index contributed by atoms with van der Waals surface area (Å²) in [7, 11) is 0. The zero-order valence-electron chi connectivity index (χ0n) is 21.0. The number of fused-ring (bicyclic) bond motifs is 1. The summed E-state index contributed by atoms with van der Waals surface area (Å²) in [5, 5.41) is 37.9. The van der Waals surface area contributed by atoms with Crippen molar-refractivity contribution in [1.82, 2.24) is 25.1 Å². The van der Waals surface area contributed by atoms with Gasteiger partial charge < -0.3 is 10.4 Å². The van der Waals surface area contributed by atoms with Crippen LogP contribution in [0.5, 0.6) is 5.75 Å². The zero-order valence-corrected chi connectivity index (χ0v) is 21.0. The van der Waals surface area contributed by atoms with Crippen LogP contribution in [0.25, 0.3) is 16.7 Å². The Bertz CT molecular complexity index is 1480. The van der Waals surface area contributed by atoms with Crippen molar-refractivity contribution in [3.63, 3.8) is 0 Å². The maximum Gasteiger partial charge on any atom is 0.256 e. The van der Waals surface area contributed by atoms with Crippen LogP contribution >= 0.6 is 0 Å². The van der Waals surface area contributed by atoms with E-state index in [4.69, 9.17) is 0 Å². The molecule has 0 spiro atoms. The van der Waals surface area contributed by atoms with E-state index in [9.17, 15) is 15.2 Å². The molecule has 0 bridgehead atoms. The molecule has 0 aliphatic carbocycles. The summed E-state index contributed by atoms with van der Waals surface area (Å²) < 4.78 is 1.29. The molecular formula is C27H28N8O2. The lowest BCUT2D eigenvalue weighted by atomic mass is 9.87. The first-order valence-electron chi connectivity index (χ1n) is 12.2. The topological polar surface area (TPSA) is 141 Å². The van der Waals surface area contributed by atoms with Crippen molar-refractivity contribution in [2.24, 2.45) is 10.2 Å². The van der Waals surface area contributed by atoms with Crippen LogP contribution in [0, 0.1) is 11.3 Å². The maximum atomic E-state index is 13.6. The second-order valence-electron chi connectivity index (χ2n) is 8.69. The van der Waals surface area contributed by atoms with Gasteiger partial charge in [-0.3, -0.25) is 4.79 Å². The second-order valence-corrected chi connectivity index (χ2v) is 8.69. The van der Waals surface area contributed by atoms with E-state index in [2.05, 4.69) is 51.4 Å². The summed E-state index contributed by atoms with van der Waals surface area (Å²) in [4.78, 5) is 21.9. The molecule has 0 radical (unpaired) electrons. The minimum Gasteiger partial charge on any atom is -0.505 e. The SMILES string of the molecule is CCCC(CC)(CC)NC(=O)c1c(O)c(/N=N/c2c(C#N)cnn2-c2ncccn2)cc2ccccc12.